The standard InChI is InChI=1S/C30H26N4O2S3/c1-19(28(35)34-30-33-26(18-38-30)22-15-14-20-8-3-4-9-21(20)16-22)39-24-11-7-10-23(17-24)31-29(37)32-25-12-5-6-13-27(25)36-2/h3-19H,1-2H3,(H2,31,32,37)(H,33,34,35). The lowest BCUT2D eigenvalue weighted by molar-refractivity contribution is -0.115. The average Bonchev–Trinajstić information content (AvgIpc) is 3.41. The molecule has 0 aliphatic heterocycles. The Hall–Kier alpha value is -3.92. The van der Waals surface area contributed by atoms with E-state index in [2.05, 4.69) is 51.3 Å². The molecule has 0 aliphatic rings. The minimum Gasteiger partial charge on any atom is -0.495 e. The number of hydrogen-bond acceptors (Lipinski definition) is 6. The number of rotatable bonds is 8. The lowest BCUT2D eigenvalue weighted by atomic mass is 10.1. The second-order valence-electron chi connectivity index (χ2n) is 8.66. The number of amides is 1. The van der Waals surface area contributed by atoms with E-state index in [1.54, 1.807) is 7.11 Å². The highest BCUT2D eigenvalue weighted by atomic mass is 32.2. The number of para-hydroxylation sites is 2. The molecule has 0 radical (unpaired) electrons. The normalized spacial score (nSPS) is 11.5. The van der Waals surface area contributed by atoms with Gasteiger partial charge in [0.2, 0.25) is 5.91 Å². The van der Waals surface area contributed by atoms with Crippen molar-refractivity contribution < 1.29 is 9.53 Å². The van der Waals surface area contributed by atoms with Gasteiger partial charge in [-0.1, -0.05) is 54.6 Å². The summed E-state index contributed by atoms with van der Waals surface area (Å²) in [6, 6.07) is 29.8. The summed E-state index contributed by atoms with van der Waals surface area (Å²) in [6.45, 7) is 1.88. The van der Waals surface area contributed by atoms with Gasteiger partial charge in [0.25, 0.3) is 0 Å². The number of aromatic nitrogens is 1. The number of nitrogens with one attached hydrogen (secondary N) is 3. The second-order valence-corrected chi connectivity index (χ2v) is 11.3. The molecule has 0 aliphatic carbocycles. The van der Waals surface area contributed by atoms with Crippen molar-refractivity contribution >= 4 is 73.6 Å². The quantitative estimate of drug-likeness (QED) is 0.129. The number of thioether (sulfide) groups is 1. The maximum Gasteiger partial charge on any atom is 0.239 e. The fraction of sp³-hybridized carbons (Fsp3) is 0.100. The molecule has 1 aromatic heterocycles. The molecule has 1 atom stereocenters. The molecule has 196 valence electrons. The van der Waals surface area contributed by atoms with Crippen LogP contribution in [-0.2, 0) is 4.79 Å². The van der Waals surface area contributed by atoms with Crippen LogP contribution in [0.5, 0.6) is 5.75 Å². The summed E-state index contributed by atoms with van der Waals surface area (Å²) in [4.78, 5) is 18.5. The van der Waals surface area contributed by atoms with Crippen LogP contribution in [0, 0.1) is 0 Å². The van der Waals surface area contributed by atoms with Gasteiger partial charge in [-0.05, 0) is 66.3 Å². The van der Waals surface area contributed by atoms with Gasteiger partial charge in [0.05, 0.1) is 23.7 Å². The molecule has 5 aromatic rings. The Morgan fingerprint density at radius 2 is 1.72 bits per heavy atom. The molecule has 0 saturated carbocycles. The molecule has 1 heterocycles. The number of fused-ring (bicyclic) bond motifs is 1. The number of thiocarbonyl (C=S) groups is 1. The number of carbonyl (C=O) groups is 1. The predicted molar refractivity (Wildman–Crippen MR) is 168 cm³/mol. The first-order valence-corrected chi connectivity index (χ1v) is 14.4. The first-order valence-electron chi connectivity index (χ1n) is 12.2. The summed E-state index contributed by atoms with van der Waals surface area (Å²) in [5, 5.41) is 14.3. The molecule has 3 N–H and O–H groups in total. The van der Waals surface area contributed by atoms with Gasteiger partial charge in [0, 0.05) is 21.5 Å². The molecule has 1 amide bonds. The number of benzene rings is 4. The fourth-order valence-electron chi connectivity index (χ4n) is 3.96. The van der Waals surface area contributed by atoms with Crippen molar-refractivity contribution in [3.05, 3.63) is 96.4 Å². The lowest BCUT2D eigenvalue weighted by Gasteiger charge is -2.14. The van der Waals surface area contributed by atoms with Gasteiger partial charge < -0.3 is 20.7 Å². The van der Waals surface area contributed by atoms with E-state index in [1.807, 2.05) is 73.0 Å². The highest BCUT2D eigenvalue weighted by Crippen LogP contribution is 2.30. The van der Waals surface area contributed by atoms with E-state index < -0.39 is 0 Å². The monoisotopic (exact) mass is 570 g/mol. The summed E-state index contributed by atoms with van der Waals surface area (Å²) in [5.74, 6) is 0.599. The van der Waals surface area contributed by atoms with Crippen molar-refractivity contribution in [2.45, 2.75) is 17.1 Å². The smallest absolute Gasteiger partial charge is 0.239 e. The van der Waals surface area contributed by atoms with Crippen LogP contribution >= 0.6 is 35.3 Å². The number of nitrogens with zero attached hydrogens (tertiary/aromatic N) is 1. The van der Waals surface area contributed by atoms with E-state index in [0.717, 1.165) is 32.9 Å². The second kappa shape index (κ2) is 12.3. The van der Waals surface area contributed by atoms with Gasteiger partial charge in [-0.15, -0.1) is 23.1 Å². The molecule has 0 spiro atoms. The van der Waals surface area contributed by atoms with Crippen LogP contribution < -0.4 is 20.7 Å². The van der Waals surface area contributed by atoms with Gasteiger partial charge in [-0.2, -0.15) is 0 Å². The van der Waals surface area contributed by atoms with Crippen LogP contribution in [0.25, 0.3) is 22.0 Å². The number of anilines is 3. The summed E-state index contributed by atoms with van der Waals surface area (Å²) < 4.78 is 5.37. The summed E-state index contributed by atoms with van der Waals surface area (Å²) >= 11 is 8.37. The third kappa shape index (κ3) is 6.75. The number of hydrogen-bond donors (Lipinski definition) is 3. The Kier molecular flexibility index (Phi) is 8.41. The van der Waals surface area contributed by atoms with E-state index in [9.17, 15) is 4.79 Å². The Bertz CT molecular complexity index is 1640. The largest absolute Gasteiger partial charge is 0.495 e. The van der Waals surface area contributed by atoms with Gasteiger partial charge in [-0.3, -0.25) is 4.79 Å². The molecule has 0 bridgehead atoms. The van der Waals surface area contributed by atoms with E-state index in [1.165, 1.54) is 28.5 Å². The van der Waals surface area contributed by atoms with Crippen molar-refractivity contribution in [1.82, 2.24) is 4.98 Å². The molecular formula is C30H26N4O2S3. The Labute approximate surface area is 240 Å². The van der Waals surface area contributed by atoms with Crippen LogP contribution in [0.4, 0.5) is 16.5 Å². The molecule has 39 heavy (non-hydrogen) atoms. The zero-order chi connectivity index (χ0) is 27.2. The highest BCUT2D eigenvalue weighted by molar-refractivity contribution is 8.00. The van der Waals surface area contributed by atoms with Crippen molar-refractivity contribution in [3.8, 4) is 17.0 Å². The minimum atomic E-state index is -0.327. The topological polar surface area (TPSA) is 75.3 Å². The van der Waals surface area contributed by atoms with E-state index in [4.69, 9.17) is 17.0 Å². The zero-order valence-corrected chi connectivity index (χ0v) is 23.8. The summed E-state index contributed by atoms with van der Waals surface area (Å²) in [7, 11) is 1.62. The van der Waals surface area contributed by atoms with Crippen molar-refractivity contribution in [1.29, 1.82) is 0 Å². The predicted octanol–water partition coefficient (Wildman–Crippen LogP) is 7.90. The molecule has 0 fully saturated rings. The maximum atomic E-state index is 12.9. The highest BCUT2D eigenvalue weighted by Gasteiger charge is 2.17. The SMILES string of the molecule is COc1ccccc1NC(=S)Nc1cccc(SC(C)C(=O)Nc2nc(-c3ccc4ccccc4c3)cs2)c1. The molecule has 6 nitrogen and oxygen atoms in total. The van der Waals surface area contributed by atoms with Gasteiger partial charge in [-0.25, -0.2) is 4.98 Å². The summed E-state index contributed by atoms with van der Waals surface area (Å²) in [5.41, 5.74) is 3.47. The first-order chi connectivity index (χ1) is 19.0. The minimum absolute atomic E-state index is 0.105. The van der Waals surface area contributed by atoms with Gasteiger partial charge in [0.15, 0.2) is 10.2 Å². The van der Waals surface area contributed by atoms with Crippen LogP contribution in [0.3, 0.4) is 0 Å². The third-order valence-corrected chi connectivity index (χ3v) is 7.96. The van der Waals surface area contributed by atoms with Crippen LogP contribution in [0.1, 0.15) is 6.92 Å². The van der Waals surface area contributed by atoms with Crippen LogP contribution in [0.15, 0.2) is 101 Å². The maximum absolute atomic E-state index is 12.9. The first kappa shape index (κ1) is 26.7. The van der Waals surface area contributed by atoms with Crippen LogP contribution in [0.2, 0.25) is 0 Å². The van der Waals surface area contributed by atoms with Crippen molar-refractivity contribution in [2.24, 2.45) is 0 Å². The van der Waals surface area contributed by atoms with E-state index in [-0.39, 0.29) is 11.2 Å². The molecule has 0 saturated heterocycles. The summed E-state index contributed by atoms with van der Waals surface area (Å²) in [6.07, 6.45) is 0. The molecule has 5 rings (SSSR count). The molecule has 9 heteroatoms. The average molecular weight is 571 g/mol. The van der Waals surface area contributed by atoms with Crippen molar-refractivity contribution in [2.75, 3.05) is 23.1 Å². The molecule has 4 aromatic carbocycles. The van der Waals surface area contributed by atoms with Gasteiger partial charge >= 0.3 is 0 Å². The van der Waals surface area contributed by atoms with E-state index in [0.29, 0.717) is 16.0 Å². The number of thiazole rings is 1. The van der Waals surface area contributed by atoms with Crippen molar-refractivity contribution in [3.63, 3.8) is 0 Å². The third-order valence-electron chi connectivity index (χ3n) is 5.91. The Morgan fingerprint density at radius 3 is 2.56 bits per heavy atom. The molecular weight excluding hydrogens is 545 g/mol. The number of ether oxygens (including phenoxy) is 1. The zero-order valence-electron chi connectivity index (χ0n) is 21.3. The number of methoxy groups -OCH3 is 1. The molecule has 1 unspecified atom stereocenters. The van der Waals surface area contributed by atoms with Crippen LogP contribution in [-0.4, -0.2) is 28.4 Å². The number of carbonyl (C=O) groups excluding carboxylic acids is 1. The lowest BCUT2D eigenvalue weighted by Crippen LogP contribution is -2.22. The van der Waals surface area contributed by atoms with E-state index >= 15 is 0 Å². The fourth-order valence-corrected chi connectivity index (χ4v) is 5.83. The Morgan fingerprint density at radius 1 is 0.923 bits per heavy atom. The Balaban J connectivity index is 1.18. The van der Waals surface area contributed by atoms with Gasteiger partial charge in [0.1, 0.15) is 5.75 Å².